The summed E-state index contributed by atoms with van der Waals surface area (Å²) in [6, 6.07) is 7.66. The van der Waals surface area contributed by atoms with Gasteiger partial charge in [0.2, 0.25) is 12.2 Å². The number of hydrogen-bond acceptors (Lipinski definition) is 6. The van der Waals surface area contributed by atoms with Gasteiger partial charge in [0.15, 0.2) is 4.75 Å². The average molecular weight is 700 g/mol. The van der Waals surface area contributed by atoms with Crippen molar-refractivity contribution >= 4 is 57.3 Å². The lowest BCUT2D eigenvalue weighted by atomic mass is 9.94. The van der Waals surface area contributed by atoms with Crippen molar-refractivity contribution in [3.8, 4) is 23.0 Å². The van der Waals surface area contributed by atoms with Gasteiger partial charge in [-0.25, -0.2) is 13.8 Å². The molecule has 0 fully saturated rings. The number of aromatic nitrogens is 3. The fraction of sp³-hybridized carbons (Fsp3) is 0.300. The monoisotopic (exact) mass is 699 g/mol. The number of amides is 1. The highest BCUT2D eigenvalue weighted by Gasteiger charge is 2.32. The predicted octanol–water partition coefficient (Wildman–Crippen LogP) is 5.84. The van der Waals surface area contributed by atoms with Crippen LogP contribution in [0.5, 0.6) is 0 Å². The fourth-order valence-electron chi connectivity index (χ4n) is 4.60. The van der Waals surface area contributed by atoms with Crippen LogP contribution in [0, 0.1) is 23.5 Å². The van der Waals surface area contributed by atoms with E-state index in [-0.39, 0.29) is 56.2 Å². The maximum Gasteiger partial charge on any atom is 0.408 e. The van der Waals surface area contributed by atoms with Gasteiger partial charge >= 0.3 is 6.18 Å². The zero-order valence-corrected chi connectivity index (χ0v) is 27.1. The number of carbonyl (C=O) groups excluding carboxylic acids is 1. The molecule has 0 saturated carbocycles. The Kier molecular flexibility index (Phi) is 10.8. The molecular weight excluding hydrogens is 673 g/mol. The number of benzene rings is 2. The van der Waals surface area contributed by atoms with Crippen LogP contribution in [0.25, 0.3) is 22.0 Å². The molecule has 0 saturated heterocycles. The minimum absolute atomic E-state index is 0.0183. The van der Waals surface area contributed by atoms with E-state index in [1.807, 2.05) is 0 Å². The van der Waals surface area contributed by atoms with Crippen molar-refractivity contribution < 1.29 is 35.9 Å². The number of nitrogens with zero attached hydrogens (tertiary/aromatic N) is 3. The second kappa shape index (κ2) is 14.1. The van der Waals surface area contributed by atoms with Gasteiger partial charge in [-0.1, -0.05) is 17.7 Å². The molecule has 16 heteroatoms. The van der Waals surface area contributed by atoms with Crippen LogP contribution in [-0.4, -0.2) is 53.7 Å². The van der Waals surface area contributed by atoms with Gasteiger partial charge in [0.1, 0.15) is 30.1 Å². The van der Waals surface area contributed by atoms with Gasteiger partial charge in [0, 0.05) is 17.2 Å². The molecular formula is C30H27ClF5N5O3S2. The summed E-state index contributed by atoms with van der Waals surface area (Å²) in [7, 11) is 0. The van der Waals surface area contributed by atoms with Crippen molar-refractivity contribution in [2.24, 2.45) is 0 Å². The first-order valence-electron chi connectivity index (χ1n) is 13.4. The Morgan fingerprint density at radius 3 is 2.30 bits per heavy atom. The summed E-state index contributed by atoms with van der Waals surface area (Å²) in [6.07, 6.45) is -1.76. The van der Waals surface area contributed by atoms with Crippen molar-refractivity contribution in [2.75, 3.05) is 17.2 Å². The molecule has 2 N–H and O–H groups in total. The lowest BCUT2D eigenvalue weighted by Crippen LogP contribution is -2.28. The number of pyridine rings is 1. The first-order chi connectivity index (χ1) is 21.5. The third kappa shape index (κ3) is 8.42. The molecule has 0 radical (unpaired) electrons. The van der Waals surface area contributed by atoms with Crippen LogP contribution in [-0.2, 0) is 40.3 Å². The molecule has 3 atom stereocenters. The smallest absolute Gasteiger partial charge is 0.408 e. The van der Waals surface area contributed by atoms with E-state index in [2.05, 4.69) is 32.0 Å². The highest BCUT2D eigenvalue weighted by Crippen LogP contribution is 2.41. The van der Waals surface area contributed by atoms with Gasteiger partial charge in [-0.15, -0.1) is 5.10 Å². The van der Waals surface area contributed by atoms with Crippen LogP contribution < -0.4 is 10.0 Å². The Morgan fingerprint density at radius 2 is 1.72 bits per heavy atom. The quantitative estimate of drug-likeness (QED) is 0.0931. The van der Waals surface area contributed by atoms with E-state index in [4.69, 9.17) is 11.6 Å². The van der Waals surface area contributed by atoms with E-state index in [1.165, 1.54) is 36.8 Å². The molecule has 0 aliphatic rings. The molecule has 0 aliphatic heterocycles. The van der Waals surface area contributed by atoms with Crippen LogP contribution in [0.3, 0.4) is 0 Å². The molecule has 8 nitrogen and oxygen atoms in total. The van der Waals surface area contributed by atoms with Gasteiger partial charge in [-0.2, -0.15) is 17.9 Å². The van der Waals surface area contributed by atoms with Crippen molar-refractivity contribution in [1.29, 1.82) is 0 Å². The van der Waals surface area contributed by atoms with Crippen molar-refractivity contribution in [3.05, 3.63) is 76.1 Å². The molecule has 1 amide bonds. The highest BCUT2D eigenvalue weighted by atomic mass is 35.5. The Morgan fingerprint density at radius 1 is 1.07 bits per heavy atom. The molecule has 2 unspecified atom stereocenters. The minimum Gasteiger partial charge on any atom is -0.615 e. The molecule has 4 aromatic rings. The Bertz CT molecular complexity index is 1800. The second-order valence-corrected chi connectivity index (χ2v) is 14.1. The minimum atomic E-state index is -4.71. The Balaban J connectivity index is 2.03. The van der Waals surface area contributed by atoms with E-state index in [1.54, 1.807) is 13.8 Å². The molecule has 2 aromatic heterocycles. The van der Waals surface area contributed by atoms with Gasteiger partial charge < -0.3 is 14.4 Å². The first kappa shape index (κ1) is 35.3. The molecule has 0 aliphatic carbocycles. The number of hydrogen-bond donors (Lipinski definition) is 2. The van der Waals surface area contributed by atoms with Crippen LogP contribution in [0.4, 0.5) is 27.8 Å². The lowest BCUT2D eigenvalue weighted by molar-refractivity contribution is -0.141. The SMILES string of the molecule is C[S+]([O-])Nc1nn(CC(F)(F)F)c2c(-c3ccc(C#CC(C)(C)[S+](C)[O-])nc3[C@H](Cc3cc(F)cc(F)c3)NC=O)ccc(Cl)c12. The maximum atomic E-state index is 14.1. The predicted molar refractivity (Wildman–Crippen MR) is 169 cm³/mol. The van der Waals surface area contributed by atoms with Crippen LogP contribution >= 0.6 is 11.6 Å². The highest BCUT2D eigenvalue weighted by molar-refractivity contribution is 7.92. The number of carbonyl (C=O) groups is 1. The zero-order chi connectivity index (χ0) is 34.0. The largest absolute Gasteiger partial charge is 0.615 e. The second-order valence-electron chi connectivity index (χ2n) is 10.7. The molecule has 0 spiro atoms. The summed E-state index contributed by atoms with van der Waals surface area (Å²) in [5, 5.41) is 6.69. The topological polar surface area (TPSA) is 118 Å². The van der Waals surface area contributed by atoms with E-state index < -0.39 is 57.7 Å². The number of alkyl halides is 3. The summed E-state index contributed by atoms with van der Waals surface area (Å²) in [4.78, 5) is 16.4. The van der Waals surface area contributed by atoms with Crippen molar-refractivity contribution in [2.45, 2.75) is 43.8 Å². The summed E-state index contributed by atoms with van der Waals surface area (Å²) in [5.41, 5.74) is 0.710. The number of anilines is 1. The molecule has 46 heavy (non-hydrogen) atoms. The third-order valence-corrected chi connectivity index (χ3v) is 9.13. The van der Waals surface area contributed by atoms with Crippen LogP contribution in [0.15, 0.2) is 42.5 Å². The number of nitrogens with one attached hydrogen (secondary N) is 2. The zero-order valence-electron chi connectivity index (χ0n) is 24.8. The van der Waals surface area contributed by atoms with Crippen LogP contribution in [0.1, 0.15) is 36.8 Å². The Hall–Kier alpha value is -3.55. The number of rotatable bonds is 10. The van der Waals surface area contributed by atoms with E-state index in [0.29, 0.717) is 17.2 Å². The fourth-order valence-corrected chi connectivity index (χ4v) is 5.45. The van der Waals surface area contributed by atoms with E-state index in [9.17, 15) is 35.9 Å². The van der Waals surface area contributed by atoms with Crippen molar-refractivity contribution in [1.82, 2.24) is 20.1 Å². The van der Waals surface area contributed by atoms with Crippen molar-refractivity contribution in [3.63, 3.8) is 0 Å². The normalized spacial score (nSPS) is 13.9. The molecule has 244 valence electrons. The molecule has 2 heterocycles. The summed E-state index contributed by atoms with van der Waals surface area (Å²) in [6.45, 7) is 1.81. The van der Waals surface area contributed by atoms with Gasteiger partial charge in [0.25, 0.3) is 0 Å². The van der Waals surface area contributed by atoms with Gasteiger partial charge in [0.05, 0.1) is 45.3 Å². The van der Waals surface area contributed by atoms with Crippen LogP contribution in [0.2, 0.25) is 5.02 Å². The van der Waals surface area contributed by atoms with E-state index >= 15 is 0 Å². The first-order valence-corrected chi connectivity index (χ1v) is 16.9. The number of fused-ring (bicyclic) bond motifs is 1. The van der Waals surface area contributed by atoms with Gasteiger partial charge in [-0.05, 0) is 79.2 Å². The summed E-state index contributed by atoms with van der Waals surface area (Å²) >= 11 is 3.39. The van der Waals surface area contributed by atoms with Gasteiger partial charge in [-0.3, -0.25) is 9.48 Å². The molecule has 2 aromatic carbocycles. The number of halogens is 6. The summed E-state index contributed by atoms with van der Waals surface area (Å²) in [5.74, 6) is 3.89. The lowest BCUT2D eigenvalue weighted by Gasteiger charge is -2.21. The summed E-state index contributed by atoms with van der Waals surface area (Å²) < 4.78 is 95.9. The maximum absolute atomic E-state index is 14.1. The standard InChI is InChI=1S/C30H27ClF5N5O3S2/c1-29(2,45(3)43)10-9-20-5-6-21(26(38-20)24(37-16-42)13-17-11-18(32)14-19(33)12-17)22-7-8-23(31)25-27(22)41(15-30(34,35)36)39-28(25)40-46(4)44/h5-8,11-12,14,16,24H,13,15H2,1-4H3,(H,37,42)(H,39,40)/t24-,45?,46?/m0/s1. The third-order valence-electron chi connectivity index (χ3n) is 6.80. The van der Waals surface area contributed by atoms with E-state index in [0.717, 1.165) is 12.1 Å². The molecule has 4 rings (SSSR count). The average Bonchev–Trinajstić information content (AvgIpc) is 3.27. The Labute approximate surface area is 272 Å². The molecule has 0 bridgehead atoms.